The molecule has 8 heavy (non-hydrogen) atoms. The first kappa shape index (κ1) is 5.29. The van der Waals surface area contributed by atoms with Crippen molar-refractivity contribution in [3.05, 3.63) is 29.6 Å². The van der Waals surface area contributed by atoms with E-state index in [0.717, 1.165) is 11.3 Å². The highest BCUT2D eigenvalue weighted by Gasteiger charge is 1.86. The van der Waals surface area contributed by atoms with E-state index in [2.05, 4.69) is 11.1 Å². The maximum atomic E-state index is 4.05. The van der Waals surface area contributed by atoms with E-state index < -0.39 is 0 Å². The van der Waals surface area contributed by atoms with Gasteiger partial charge in [0.2, 0.25) is 0 Å². The van der Waals surface area contributed by atoms with Crippen LogP contribution >= 0.6 is 0 Å². The fraction of sp³-hybridized carbons (Fsp3) is 0.286. The second-order valence-corrected chi connectivity index (χ2v) is 1.80. The molecule has 1 rings (SSSR count). The molecule has 0 amide bonds. The topological polar surface area (TPSA) is 12.9 Å². The minimum absolute atomic E-state index is 1.06. The average molecular weight is 106 g/mol. The zero-order valence-corrected chi connectivity index (χ0v) is 5.10. The molecule has 0 aliphatic carbocycles. The highest BCUT2D eigenvalue weighted by atomic mass is 14.6. The molecule has 1 heteroatoms. The molecule has 1 aromatic rings. The Morgan fingerprint density at radius 3 is 2.62 bits per heavy atom. The van der Waals surface area contributed by atoms with Gasteiger partial charge in [-0.1, -0.05) is 0 Å². The second-order valence-electron chi connectivity index (χ2n) is 1.80. The summed E-state index contributed by atoms with van der Waals surface area (Å²) in [5, 5.41) is 0. The van der Waals surface area contributed by atoms with Gasteiger partial charge in [-0.3, -0.25) is 4.98 Å². The molecular weight excluding hydrogens is 98.1 g/mol. The van der Waals surface area contributed by atoms with Crippen molar-refractivity contribution in [1.82, 2.24) is 4.98 Å². The van der Waals surface area contributed by atoms with Crippen LogP contribution in [0.15, 0.2) is 12.3 Å². The summed E-state index contributed by atoms with van der Waals surface area (Å²) >= 11 is 0. The van der Waals surface area contributed by atoms with E-state index in [1.54, 1.807) is 6.20 Å². The van der Waals surface area contributed by atoms with Crippen molar-refractivity contribution in [1.29, 1.82) is 0 Å². The third kappa shape index (κ3) is 0.861. The summed E-state index contributed by atoms with van der Waals surface area (Å²) in [5.41, 5.74) is 2.19. The van der Waals surface area contributed by atoms with Gasteiger partial charge in [-0.05, 0) is 31.5 Å². The molecule has 0 aliphatic rings. The molecule has 0 unspecified atom stereocenters. The second kappa shape index (κ2) is 1.95. The lowest BCUT2D eigenvalue weighted by Crippen LogP contribution is -1.82. The maximum Gasteiger partial charge on any atom is 0.0407 e. The highest BCUT2D eigenvalue weighted by Crippen LogP contribution is 1.97. The van der Waals surface area contributed by atoms with Crippen molar-refractivity contribution in [3.63, 3.8) is 0 Å². The first-order valence-electron chi connectivity index (χ1n) is 2.60. The van der Waals surface area contributed by atoms with Gasteiger partial charge in [-0.25, -0.2) is 0 Å². The van der Waals surface area contributed by atoms with Crippen LogP contribution in [0.25, 0.3) is 0 Å². The van der Waals surface area contributed by atoms with E-state index in [-0.39, 0.29) is 0 Å². The smallest absolute Gasteiger partial charge is 0.0407 e. The van der Waals surface area contributed by atoms with Gasteiger partial charge >= 0.3 is 0 Å². The summed E-state index contributed by atoms with van der Waals surface area (Å²) in [6.07, 6.45) is 1.75. The first-order chi connectivity index (χ1) is 3.80. The number of aryl methyl sites for hydroxylation is 2. The van der Waals surface area contributed by atoms with Crippen molar-refractivity contribution >= 4 is 0 Å². The van der Waals surface area contributed by atoms with Crippen LogP contribution in [0.4, 0.5) is 0 Å². The van der Waals surface area contributed by atoms with Gasteiger partial charge in [0.25, 0.3) is 0 Å². The molecule has 0 fully saturated rings. The van der Waals surface area contributed by atoms with Crippen LogP contribution in [0.3, 0.4) is 0 Å². The maximum absolute atomic E-state index is 4.05. The fourth-order valence-corrected chi connectivity index (χ4v) is 0.513. The quantitative estimate of drug-likeness (QED) is 0.488. The molecule has 0 atom stereocenters. The van der Waals surface area contributed by atoms with Gasteiger partial charge in [-0.15, -0.1) is 0 Å². The zero-order valence-electron chi connectivity index (χ0n) is 5.10. The number of rotatable bonds is 0. The Bertz CT molecular complexity index is 160. The van der Waals surface area contributed by atoms with Crippen LogP contribution in [-0.4, -0.2) is 4.98 Å². The van der Waals surface area contributed by atoms with Crippen LogP contribution in [-0.2, 0) is 0 Å². The van der Waals surface area contributed by atoms with Gasteiger partial charge in [0.05, 0.1) is 0 Å². The third-order valence-electron chi connectivity index (χ3n) is 1.19. The summed E-state index contributed by atoms with van der Waals surface area (Å²) in [5.74, 6) is 0. The minimum Gasteiger partial charge on any atom is -0.261 e. The highest BCUT2D eigenvalue weighted by molar-refractivity contribution is 5.13. The van der Waals surface area contributed by atoms with Gasteiger partial charge in [-0.2, -0.15) is 0 Å². The number of pyridine rings is 1. The Morgan fingerprint density at radius 2 is 2.25 bits per heavy atom. The summed E-state index contributed by atoms with van der Waals surface area (Å²) < 4.78 is 0. The van der Waals surface area contributed by atoms with Crippen LogP contribution in [0.1, 0.15) is 11.3 Å². The van der Waals surface area contributed by atoms with E-state index in [1.807, 2.05) is 19.9 Å². The average Bonchev–Trinajstić information content (AvgIpc) is 1.77. The monoisotopic (exact) mass is 106 g/mol. The molecule has 1 nitrogen and oxygen atoms in total. The Balaban J connectivity index is 3.13. The Labute approximate surface area is 49.4 Å². The summed E-state index contributed by atoms with van der Waals surface area (Å²) in [7, 11) is 0. The largest absolute Gasteiger partial charge is 0.261 e. The molecule has 0 saturated carbocycles. The summed E-state index contributed by atoms with van der Waals surface area (Å²) in [4.78, 5) is 4.05. The van der Waals surface area contributed by atoms with Crippen LogP contribution in [0.2, 0.25) is 0 Å². The van der Waals surface area contributed by atoms with E-state index in [9.17, 15) is 0 Å². The van der Waals surface area contributed by atoms with Crippen molar-refractivity contribution in [2.75, 3.05) is 0 Å². The predicted octanol–water partition coefficient (Wildman–Crippen LogP) is 1.50. The molecule has 1 radical (unpaired) electrons. The van der Waals surface area contributed by atoms with Crippen molar-refractivity contribution in [2.24, 2.45) is 0 Å². The normalized spacial score (nSPS) is 9.25. The molecule has 41 valence electrons. The molecule has 0 aliphatic heterocycles. The van der Waals surface area contributed by atoms with E-state index in [1.165, 1.54) is 0 Å². The fourth-order valence-electron chi connectivity index (χ4n) is 0.513. The van der Waals surface area contributed by atoms with E-state index in [4.69, 9.17) is 0 Å². The Kier molecular flexibility index (Phi) is 1.29. The predicted molar refractivity (Wildman–Crippen MR) is 32.5 cm³/mol. The van der Waals surface area contributed by atoms with Gasteiger partial charge < -0.3 is 0 Å². The number of hydrogen-bond acceptors (Lipinski definition) is 1. The Hall–Kier alpha value is -0.850. The van der Waals surface area contributed by atoms with Gasteiger partial charge in [0.1, 0.15) is 0 Å². The van der Waals surface area contributed by atoms with E-state index >= 15 is 0 Å². The lowest BCUT2D eigenvalue weighted by atomic mass is 10.2. The molecular formula is C7H8N. The van der Waals surface area contributed by atoms with Crippen molar-refractivity contribution in [2.45, 2.75) is 13.8 Å². The van der Waals surface area contributed by atoms with Crippen molar-refractivity contribution < 1.29 is 0 Å². The Morgan fingerprint density at radius 1 is 1.50 bits per heavy atom. The molecule has 0 saturated heterocycles. The first-order valence-corrected chi connectivity index (χ1v) is 2.60. The molecule has 1 aromatic heterocycles. The number of hydrogen-bond donors (Lipinski definition) is 0. The number of nitrogens with zero attached hydrogens (tertiary/aromatic N) is 1. The molecule has 0 spiro atoms. The molecule has 0 N–H and O–H groups in total. The lowest BCUT2D eigenvalue weighted by molar-refractivity contribution is 1.15. The van der Waals surface area contributed by atoms with Crippen LogP contribution in [0.5, 0.6) is 0 Å². The minimum atomic E-state index is 1.06. The molecule has 0 bridgehead atoms. The van der Waals surface area contributed by atoms with Crippen LogP contribution < -0.4 is 0 Å². The summed E-state index contributed by atoms with van der Waals surface area (Å²) in [6, 6.07) is 4.86. The lowest BCUT2D eigenvalue weighted by Gasteiger charge is -1.91. The number of aromatic nitrogens is 1. The van der Waals surface area contributed by atoms with Crippen molar-refractivity contribution in [3.8, 4) is 0 Å². The third-order valence-corrected chi connectivity index (χ3v) is 1.19. The van der Waals surface area contributed by atoms with E-state index in [0.29, 0.717) is 0 Å². The molecule has 0 aromatic carbocycles. The van der Waals surface area contributed by atoms with Gasteiger partial charge in [0, 0.05) is 11.9 Å². The molecule has 1 heterocycles. The standard InChI is InChI=1S/C7H8N/c1-6-4-3-5-8-7(6)2/h3,5H,1-2H3. The zero-order chi connectivity index (χ0) is 5.98. The summed E-state index contributed by atoms with van der Waals surface area (Å²) in [6.45, 7) is 3.98. The SMILES string of the molecule is Cc1[c]ccnc1C. The van der Waals surface area contributed by atoms with Gasteiger partial charge in [0.15, 0.2) is 0 Å². The van der Waals surface area contributed by atoms with Crippen LogP contribution in [0, 0.1) is 19.9 Å².